The van der Waals surface area contributed by atoms with Gasteiger partial charge >= 0.3 is 7.12 Å². The second-order valence-electron chi connectivity index (χ2n) is 3.96. The van der Waals surface area contributed by atoms with Crippen LogP contribution in [-0.2, 0) is 0 Å². The lowest BCUT2D eigenvalue weighted by molar-refractivity contribution is 0.335. The third kappa shape index (κ3) is 2.53. The first-order valence-corrected chi connectivity index (χ1v) is 5.24. The third-order valence-electron chi connectivity index (χ3n) is 2.54. The maximum absolute atomic E-state index is 14.0. The van der Waals surface area contributed by atoms with E-state index in [4.69, 9.17) is 9.47 Å². The number of rotatable bonds is 4. The Kier molecular flexibility index (Phi) is 4.37. The Balaban J connectivity index is 3.55. The molecule has 0 bridgehead atoms. The van der Waals surface area contributed by atoms with Crippen molar-refractivity contribution in [2.24, 2.45) is 0 Å². The van der Waals surface area contributed by atoms with E-state index in [1.165, 1.54) is 20.3 Å². The van der Waals surface area contributed by atoms with Gasteiger partial charge in [-0.2, -0.15) is 0 Å². The van der Waals surface area contributed by atoms with Crippen molar-refractivity contribution >= 4 is 12.6 Å². The second kappa shape index (κ2) is 5.38. The molecule has 0 aliphatic rings. The van der Waals surface area contributed by atoms with Crippen LogP contribution in [0.25, 0.3) is 0 Å². The Morgan fingerprint density at radius 3 is 2.06 bits per heavy atom. The zero-order chi connectivity index (χ0) is 13.2. The van der Waals surface area contributed by atoms with E-state index in [0.29, 0.717) is 5.56 Å². The molecule has 0 aromatic heterocycles. The van der Waals surface area contributed by atoms with Gasteiger partial charge in [0, 0.05) is 5.46 Å². The summed E-state index contributed by atoms with van der Waals surface area (Å²) in [6, 6.07) is 1.38. The van der Waals surface area contributed by atoms with Crippen LogP contribution in [-0.4, -0.2) is 31.4 Å². The van der Waals surface area contributed by atoms with E-state index in [9.17, 15) is 14.4 Å². The molecule has 0 spiro atoms. The molecule has 1 aromatic carbocycles. The highest BCUT2D eigenvalue weighted by molar-refractivity contribution is 6.60. The van der Waals surface area contributed by atoms with Crippen LogP contribution in [0.4, 0.5) is 4.39 Å². The van der Waals surface area contributed by atoms with E-state index in [1.807, 2.05) is 0 Å². The molecule has 0 aliphatic heterocycles. The maximum atomic E-state index is 14.0. The molecule has 94 valence electrons. The van der Waals surface area contributed by atoms with Gasteiger partial charge in [-0.15, -0.1) is 0 Å². The van der Waals surface area contributed by atoms with E-state index >= 15 is 0 Å². The van der Waals surface area contributed by atoms with Crippen molar-refractivity contribution in [1.29, 1.82) is 0 Å². The Morgan fingerprint density at radius 1 is 1.18 bits per heavy atom. The summed E-state index contributed by atoms with van der Waals surface area (Å²) in [6.45, 7) is 3.61. The number of ether oxygens (including phenoxy) is 2. The summed E-state index contributed by atoms with van der Waals surface area (Å²) < 4.78 is 23.9. The molecule has 6 heteroatoms. The minimum absolute atomic E-state index is 0.00407. The fraction of sp³-hybridized carbons (Fsp3) is 0.455. The molecule has 0 heterocycles. The van der Waals surface area contributed by atoms with Gasteiger partial charge in [-0.1, -0.05) is 19.9 Å². The van der Waals surface area contributed by atoms with Crippen molar-refractivity contribution in [3.8, 4) is 11.5 Å². The van der Waals surface area contributed by atoms with Crippen LogP contribution in [0, 0.1) is 5.82 Å². The van der Waals surface area contributed by atoms with E-state index in [1.54, 1.807) is 13.8 Å². The van der Waals surface area contributed by atoms with Crippen LogP contribution in [0.2, 0.25) is 0 Å². The van der Waals surface area contributed by atoms with Gasteiger partial charge in [0.2, 0.25) is 0 Å². The summed E-state index contributed by atoms with van der Waals surface area (Å²) in [7, 11) is 0.883. The summed E-state index contributed by atoms with van der Waals surface area (Å²) in [5.74, 6) is -0.748. The van der Waals surface area contributed by atoms with Crippen LogP contribution in [0.3, 0.4) is 0 Å². The summed E-state index contributed by atoms with van der Waals surface area (Å²) in [4.78, 5) is 0. The van der Waals surface area contributed by atoms with Gasteiger partial charge in [0.05, 0.1) is 14.2 Å². The summed E-state index contributed by atoms with van der Waals surface area (Å²) in [5.41, 5.74) is 0.445. The number of methoxy groups -OCH3 is 2. The largest absolute Gasteiger partial charge is 0.493 e. The number of benzene rings is 1. The Hall–Kier alpha value is -1.27. The molecular formula is C11H16BFO4. The average Bonchev–Trinajstić information content (AvgIpc) is 2.27. The molecule has 4 nitrogen and oxygen atoms in total. The summed E-state index contributed by atoms with van der Waals surface area (Å²) in [6.07, 6.45) is 0. The highest BCUT2D eigenvalue weighted by Crippen LogP contribution is 2.33. The number of halogens is 1. The first kappa shape index (κ1) is 13.8. The normalized spacial score (nSPS) is 10.6. The fourth-order valence-corrected chi connectivity index (χ4v) is 1.66. The van der Waals surface area contributed by atoms with Crippen molar-refractivity contribution in [2.75, 3.05) is 14.2 Å². The average molecular weight is 242 g/mol. The van der Waals surface area contributed by atoms with Crippen molar-refractivity contribution in [3.05, 3.63) is 17.4 Å². The molecule has 1 aromatic rings. The SMILES string of the molecule is COc1c(B(O)O)cc(C(C)C)c(F)c1OC. The van der Waals surface area contributed by atoms with Crippen LogP contribution in [0.1, 0.15) is 25.3 Å². The van der Waals surface area contributed by atoms with Gasteiger partial charge in [0.1, 0.15) is 0 Å². The highest BCUT2D eigenvalue weighted by Gasteiger charge is 2.26. The quantitative estimate of drug-likeness (QED) is 0.761. The van der Waals surface area contributed by atoms with Gasteiger partial charge in [0.25, 0.3) is 0 Å². The van der Waals surface area contributed by atoms with Crippen LogP contribution in [0.15, 0.2) is 6.07 Å². The van der Waals surface area contributed by atoms with Crippen LogP contribution >= 0.6 is 0 Å². The summed E-state index contributed by atoms with van der Waals surface area (Å²) in [5, 5.41) is 18.5. The molecule has 0 fully saturated rings. The standard InChI is InChI=1S/C11H16BFO4/c1-6(2)7-5-8(12(14)15)10(16-3)11(17-4)9(7)13/h5-6,14-15H,1-4H3. The molecule has 0 unspecified atom stereocenters. The smallest absolute Gasteiger partial charge is 0.492 e. The molecule has 2 N–H and O–H groups in total. The van der Waals surface area contributed by atoms with Crippen molar-refractivity contribution < 1.29 is 23.9 Å². The number of hydrogen-bond acceptors (Lipinski definition) is 4. The zero-order valence-electron chi connectivity index (χ0n) is 10.3. The molecule has 0 radical (unpaired) electrons. The van der Waals surface area contributed by atoms with Gasteiger partial charge < -0.3 is 19.5 Å². The van der Waals surface area contributed by atoms with E-state index < -0.39 is 12.9 Å². The molecule has 17 heavy (non-hydrogen) atoms. The van der Waals surface area contributed by atoms with Gasteiger partial charge in [0.15, 0.2) is 17.3 Å². The Bertz CT molecular complexity index is 407. The van der Waals surface area contributed by atoms with Gasteiger partial charge in [-0.25, -0.2) is 4.39 Å². The molecule has 1 rings (SSSR count). The van der Waals surface area contributed by atoms with Crippen LogP contribution < -0.4 is 14.9 Å². The molecule has 0 amide bonds. The lowest BCUT2D eigenvalue weighted by Gasteiger charge is -2.17. The minimum atomic E-state index is -1.74. The Morgan fingerprint density at radius 2 is 1.71 bits per heavy atom. The highest BCUT2D eigenvalue weighted by atomic mass is 19.1. The molecule has 0 aliphatic carbocycles. The van der Waals surface area contributed by atoms with E-state index in [-0.39, 0.29) is 22.9 Å². The lowest BCUT2D eigenvalue weighted by atomic mass is 9.77. The van der Waals surface area contributed by atoms with E-state index in [2.05, 4.69) is 0 Å². The van der Waals surface area contributed by atoms with Crippen molar-refractivity contribution in [3.63, 3.8) is 0 Å². The molecular weight excluding hydrogens is 226 g/mol. The second-order valence-corrected chi connectivity index (χ2v) is 3.96. The first-order valence-electron chi connectivity index (χ1n) is 5.24. The molecule has 0 atom stereocenters. The Labute approximate surface area is 100 Å². The maximum Gasteiger partial charge on any atom is 0.492 e. The molecule has 0 saturated heterocycles. The summed E-state index contributed by atoms with van der Waals surface area (Å²) >= 11 is 0. The lowest BCUT2D eigenvalue weighted by Crippen LogP contribution is -2.32. The fourth-order valence-electron chi connectivity index (χ4n) is 1.66. The first-order chi connectivity index (χ1) is 7.93. The predicted octanol–water partition coefficient (Wildman–Crippen LogP) is 0.646. The van der Waals surface area contributed by atoms with Crippen molar-refractivity contribution in [1.82, 2.24) is 0 Å². The van der Waals surface area contributed by atoms with Crippen molar-refractivity contribution in [2.45, 2.75) is 19.8 Å². The van der Waals surface area contributed by atoms with E-state index in [0.717, 1.165) is 0 Å². The topological polar surface area (TPSA) is 58.9 Å². The minimum Gasteiger partial charge on any atom is -0.493 e. The predicted molar refractivity (Wildman–Crippen MR) is 63.4 cm³/mol. The monoisotopic (exact) mass is 242 g/mol. The number of hydrogen-bond donors (Lipinski definition) is 2. The van der Waals surface area contributed by atoms with Gasteiger partial charge in [-0.05, 0) is 11.5 Å². The van der Waals surface area contributed by atoms with Crippen LogP contribution in [0.5, 0.6) is 11.5 Å². The molecule has 0 saturated carbocycles. The third-order valence-corrected chi connectivity index (χ3v) is 2.54. The van der Waals surface area contributed by atoms with Gasteiger partial charge in [-0.3, -0.25) is 0 Å². The zero-order valence-corrected chi connectivity index (χ0v) is 10.3.